The molecule has 0 amide bonds. The predicted octanol–water partition coefficient (Wildman–Crippen LogP) is 11.1. The first-order chi connectivity index (χ1) is 29.6. The molecule has 2 atom stereocenters. The molecule has 0 aliphatic heterocycles. The van der Waals surface area contributed by atoms with Gasteiger partial charge in [0.1, 0.15) is 13.2 Å². The number of quaternary nitrogens is 1. The average Bonchev–Trinajstić information content (AvgIpc) is 3.22. The lowest BCUT2D eigenvalue weighted by Gasteiger charge is -2.26. The fraction of sp³-hybridized carbons (Fsp3) is 0.596. The van der Waals surface area contributed by atoms with Gasteiger partial charge < -0.3 is 33.3 Å². The van der Waals surface area contributed by atoms with Crippen LogP contribution in [0.4, 0.5) is 0 Å². The van der Waals surface area contributed by atoms with Crippen LogP contribution in [-0.4, -0.2) is 82.3 Å². The number of unbranched alkanes of at least 4 members (excludes halogenated alkanes) is 7. The fourth-order valence-electron chi connectivity index (χ4n) is 5.51. The minimum atomic E-state index is -1.65. The third-order valence-electron chi connectivity index (χ3n) is 9.03. The van der Waals surface area contributed by atoms with Crippen LogP contribution in [0.5, 0.6) is 0 Å². The second-order valence-electron chi connectivity index (χ2n) is 15.9. The molecule has 0 spiro atoms. The van der Waals surface area contributed by atoms with Crippen molar-refractivity contribution in [2.24, 2.45) is 0 Å². The van der Waals surface area contributed by atoms with E-state index in [-0.39, 0.29) is 32.7 Å². The molecule has 0 N–H and O–H groups in total. The lowest BCUT2D eigenvalue weighted by molar-refractivity contribution is -0.870. The maximum Gasteiger partial charge on any atom is 0.306 e. The van der Waals surface area contributed by atoms with E-state index >= 15 is 0 Å². The van der Waals surface area contributed by atoms with Crippen molar-refractivity contribution in [2.45, 2.75) is 155 Å². The monoisotopic (exact) mass is 850 g/mol. The van der Waals surface area contributed by atoms with Gasteiger partial charge in [-0.15, -0.1) is 0 Å². The molecule has 344 valence electrons. The van der Waals surface area contributed by atoms with Crippen molar-refractivity contribution in [2.75, 3.05) is 47.5 Å². The summed E-state index contributed by atoms with van der Waals surface area (Å²) in [6.07, 6.45) is 54.2. The molecule has 0 aromatic rings. The van der Waals surface area contributed by atoms with Crippen molar-refractivity contribution in [1.29, 1.82) is 0 Å². The summed E-state index contributed by atoms with van der Waals surface area (Å²) in [5.41, 5.74) is 0. The van der Waals surface area contributed by atoms with E-state index in [1.165, 1.54) is 19.3 Å². The van der Waals surface area contributed by atoms with Crippen LogP contribution in [0.2, 0.25) is 0 Å². The molecule has 0 radical (unpaired) electrons. The topological polar surface area (TPSA) is 111 Å². The number of nitrogens with zero attached hydrogens (tertiary/aromatic N) is 1. The Morgan fingerprint density at radius 2 is 0.918 bits per heavy atom. The Hall–Kier alpha value is -4.05. The number of likely N-dealkylation sites (N-methyl/N-ethyl adjacent to an activating group) is 1. The van der Waals surface area contributed by atoms with E-state index < -0.39 is 30.3 Å². The highest BCUT2D eigenvalue weighted by Crippen LogP contribution is 2.12. The molecule has 9 nitrogen and oxygen atoms in total. The van der Waals surface area contributed by atoms with Gasteiger partial charge in [0.25, 0.3) is 0 Å². The van der Waals surface area contributed by atoms with E-state index in [2.05, 4.69) is 111 Å². The molecule has 0 saturated heterocycles. The van der Waals surface area contributed by atoms with Crippen molar-refractivity contribution in [3.8, 4) is 0 Å². The SMILES string of the molecule is CC/C=C\C/C=C\C/C=C\C/C=C\C/C=C\C/C=C\CCC(=O)OC(COC(=O)CCCCCCCCC/C=C\C/C=C\C/C=C\CC)COC(OCC[N+](C)(C)C)C(=O)[O-]. The van der Waals surface area contributed by atoms with Crippen LogP contribution in [0.3, 0.4) is 0 Å². The van der Waals surface area contributed by atoms with Crippen LogP contribution in [0.25, 0.3) is 0 Å². The molecule has 61 heavy (non-hydrogen) atoms. The van der Waals surface area contributed by atoms with Gasteiger partial charge in [-0.1, -0.05) is 155 Å². The summed E-state index contributed by atoms with van der Waals surface area (Å²) in [4.78, 5) is 37.0. The third-order valence-corrected chi connectivity index (χ3v) is 9.03. The normalized spacial score (nSPS) is 13.9. The van der Waals surface area contributed by atoms with Crippen molar-refractivity contribution in [1.82, 2.24) is 0 Å². The Bertz CT molecular complexity index is 1360. The molecule has 0 rings (SSSR count). The molecule has 0 aliphatic rings. The van der Waals surface area contributed by atoms with E-state index in [1.807, 2.05) is 33.3 Å². The zero-order chi connectivity index (χ0) is 44.9. The Balaban J connectivity index is 4.59. The largest absolute Gasteiger partial charge is 0.545 e. The van der Waals surface area contributed by atoms with Gasteiger partial charge in [-0.05, 0) is 83.5 Å². The van der Waals surface area contributed by atoms with Crippen LogP contribution in [0, 0.1) is 0 Å². The van der Waals surface area contributed by atoms with Gasteiger partial charge in [-0.25, -0.2) is 0 Å². The van der Waals surface area contributed by atoms with E-state index in [4.69, 9.17) is 18.9 Å². The van der Waals surface area contributed by atoms with Gasteiger partial charge in [0, 0.05) is 12.8 Å². The quantitative estimate of drug-likeness (QED) is 0.0197. The molecule has 0 aromatic heterocycles. The maximum absolute atomic E-state index is 12.7. The first-order valence-corrected chi connectivity index (χ1v) is 23.0. The highest BCUT2D eigenvalue weighted by molar-refractivity contribution is 5.70. The zero-order valence-electron chi connectivity index (χ0n) is 38.7. The lowest BCUT2D eigenvalue weighted by Crippen LogP contribution is -2.44. The molecule has 0 aliphatic carbocycles. The maximum atomic E-state index is 12.7. The Kier molecular flexibility index (Phi) is 39.8. The molecule has 0 heterocycles. The van der Waals surface area contributed by atoms with Crippen LogP contribution in [0.15, 0.2) is 109 Å². The molecular weight excluding hydrogens is 767 g/mol. The number of carboxylic acid groups (broad SMARTS) is 1. The predicted molar refractivity (Wildman–Crippen MR) is 250 cm³/mol. The summed E-state index contributed by atoms with van der Waals surface area (Å²) >= 11 is 0. The minimum absolute atomic E-state index is 0.113. The highest BCUT2D eigenvalue weighted by atomic mass is 16.7. The first-order valence-electron chi connectivity index (χ1n) is 23.0. The Morgan fingerprint density at radius 3 is 1.38 bits per heavy atom. The summed E-state index contributed by atoms with van der Waals surface area (Å²) in [6.45, 7) is 4.38. The smallest absolute Gasteiger partial charge is 0.306 e. The van der Waals surface area contributed by atoms with Gasteiger partial charge in [-0.2, -0.15) is 0 Å². The molecule has 0 fully saturated rings. The first kappa shape index (κ1) is 57.0. The number of carbonyl (C=O) groups is 3. The van der Waals surface area contributed by atoms with Crippen LogP contribution in [0.1, 0.15) is 142 Å². The average molecular weight is 850 g/mol. The minimum Gasteiger partial charge on any atom is -0.545 e. The van der Waals surface area contributed by atoms with Gasteiger partial charge >= 0.3 is 11.9 Å². The van der Waals surface area contributed by atoms with Crippen LogP contribution >= 0.6 is 0 Å². The summed E-state index contributed by atoms with van der Waals surface area (Å²) in [5, 5.41) is 11.7. The van der Waals surface area contributed by atoms with Crippen molar-refractivity contribution >= 4 is 17.9 Å². The Labute approximate surface area is 371 Å². The zero-order valence-corrected chi connectivity index (χ0v) is 38.7. The second kappa shape index (κ2) is 42.6. The summed E-state index contributed by atoms with van der Waals surface area (Å²) < 4.78 is 22.4. The molecule has 9 heteroatoms. The number of carbonyl (C=O) groups excluding carboxylic acids is 3. The lowest BCUT2D eigenvalue weighted by atomic mass is 10.1. The van der Waals surface area contributed by atoms with Crippen molar-refractivity contribution < 1.29 is 42.9 Å². The highest BCUT2D eigenvalue weighted by Gasteiger charge is 2.21. The standard InChI is InChI=1S/C52H83NO8/c1-6-8-10-12-14-16-18-20-22-24-25-27-29-31-33-35-37-39-41-43-50(55)61-48(47-60-52(51(56)57)58-45-44-53(3,4)5)46-59-49(54)42-40-38-36-34-32-30-28-26-23-21-19-17-15-13-11-9-7-2/h8-11,14-17,20-23,25,27,31,33,37,39,48,52H,6-7,12-13,18-19,24,26,28-30,32,34-36,38,40-47H2,1-5H3/b10-8-,11-9-,16-14-,17-15-,22-20-,23-21-,27-25-,33-31-,39-37-. The summed E-state index contributed by atoms with van der Waals surface area (Å²) in [6, 6.07) is 0. The fourth-order valence-corrected chi connectivity index (χ4v) is 5.51. The van der Waals surface area contributed by atoms with Crippen molar-refractivity contribution in [3.63, 3.8) is 0 Å². The van der Waals surface area contributed by atoms with Gasteiger partial charge in [-0.3, -0.25) is 9.59 Å². The number of rotatable bonds is 40. The van der Waals surface area contributed by atoms with E-state index in [0.717, 1.165) is 83.5 Å². The van der Waals surface area contributed by atoms with Gasteiger partial charge in [0.15, 0.2) is 12.4 Å². The van der Waals surface area contributed by atoms with Crippen LogP contribution < -0.4 is 5.11 Å². The number of aliphatic carboxylic acids is 1. The molecule has 0 bridgehead atoms. The molecule has 0 saturated carbocycles. The van der Waals surface area contributed by atoms with E-state index in [9.17, 15) is 19.5 Å². The molecular formula is C52H83NO8. The third kappa shape index (κ3) is 43.8. The second-order valence-corrected chi connectivity index (χ2v) is 15.9. The molecule has 2 unspecified atom stereocenters. The molecule has 0 aromatic carbocycles. The number of allylic oxidation sites excluding steroid dienone is 18. The number of hydrogen-bond donors (Lipinski definition) is 0. The number of esters is 2. The van der Waals surface area contributed by atoms with E-state index in [1.54, 1.807) is 0 Å². The number of ether oxygens (including phenoxy) is 4. The Morgan fingerprint density at radius 1 is 0.492 bits per heavy atom. The van der Waals surface area contributed by atoms with Gasteiger partial charge in [0.2, 0.25) is 0 Å². The summed E-state index contributed by atoms with van der Waals surface area (Å²) in [5.74, 6) is -2.43. The van der Waals surface area contributed by atoms with E-state index in [0.29, 0.717) is 23.9 Å². The van der Waals surface area contributed by atoms with Crippen molar-refractivity contribution in [3.05, 3.63) is 109 Å². The van der Waals surface area contributed by atoms with Crippen LogP contribution in [-0.2, 0) is 33.3 Å². The number of carboxylic acids is 1. The van der Waals surface area contributed by atoms with Gasteiger partial charge in [0.05, 0.1) is 40.3 Å². The number of hydrogen-bond acceptors (Lipinski definition) is 8. The summed E-state index contributed by atoms with van der Waals surface area (Å²) in [7, 11) is 5.87.